The van der Waals surface area contributed by atoms with Crippen molar-refractivity contribution < 1.29 is 14.3 Å². The lowest BCUT2D eigenvalue weighted by Gasteiger charge is -2.35. The summed E-state index contributed by atoms with van der Waals surface area (Å²) >= 11 is 0. The van der Waals surface area contributed by atoms with Gasteiger partial charge in [0, 0.05) is 43.9 Å². The van der Waals surface area contributed by atoms with Crippen LogP contribution in [0.2, 0.25) is 0 Å². The van der Waals surface area contributed by atoms with E-state index in [1.54, 1.807) is 31.8 Å². The fourth-order valence-corrected chi connectivity index (χ4v) is 3.47. The molecule has 1 aliphatic rings. The van der Waals surface area contributed by atoms with Gasteiger partial charge in [0.1, 0.15) is 0 Å². The molecule has 144 valence electrons. The first kappa shape index (κ1) is 19.0. The molecule has 1 fully saturated rings. The fourth-order valence-electron chi connectivity index (χ4n) is 3.47. The summed E-state index contributed by atoms with van der Waals surface area (Å²) in [5.74, 6) is -0.255. The van der Waals surface area contributed by atoms with E-state index in [4.69, 9.17) is 4.74 Å². The molecule has 0 unspecified atom stereocenters. The summed E-state index contributed by atoms with van der Waals surface area (Å²) < 4.78 is 5.52. The topological polar surface area (TPSA) is 109 Å². The summed E-state index contributed by atoms with van der Waals surface area (Å²) in [6, 6.07) is 5.35. The largest absolute Gasteiger partial charge is 0.379 e. The molecule has 1 aliphatic carbocycles. The summed E-state index contributed by atoms with van der Waals surface area (Å²) in [6.07, 6.45) is 7.23. The summed E-state index contributed by atoms with van der Waals surface area (Å²) in [6.45, 7) is 0.452. The number of carbonyl (C=O) groups is 2. The van der Waals surface area contributed by atoms with Gasteiger partial charge >= 0.3 is 0 Å². The lowest BCUT2D eigenvalue weighted by Crippen LogP contribution is -2.50. The summed E-state index contributed by atoms with van der Waals surface area (Å²) in [5.41, 5.74) is 1.71. The van der Waals surface area contributed by atoms with E-state index in [0.29, 0.717) is 13.0 Å². The summed E-state index contributed by atoms with van der Waals surface area (Å²) in [7, 11) is 1.64. The zero-order chi connectivity index (χ0) is 19.1. The lowest BCUT2D eigenvalue weighted by molar-refractivity contribution is -0.129. The highest BCUT2D eigenvalue weighted by atomic mass is 16.5. The van der Waals surface area contributed by atoms with E-state index in [-0.39, 0.29) is 36.3 Å². The molecule has 3 rings (SSSR count). The number of pyridine rings is 1. The van der Waals surface area contributed by atoms with Gasteiger partial charge in [-0.1, -0.05) is 6.07 Å². The van der Waals surface area contributed by atoms with Crippen LogP contribution in [0.1, 0.15) is 30.5 Å². The first-order chi connectivity index (χ1) is 13.2. The van der Waals surface area contributed by atoms with Crippen LogP contribution in [-0.2, 0) is 27.3 Å². The van der Waals surface area contributed by atoms with Gasteiger partial charge < -0.3 is 15.4 Å². The Balaban J connectivity index is 1.53. The van der Waals surface area contributed by atoms with Crippen molar-refractivity contribution in [2.24, 2.45) is 5.92 Å². The Bertz CT molecular complexity index is 735. The normalized spacial score (nSPS) is 22.2. The standard InChI is InChI=1S/C19H25N5O3/c1-27-17-5-4-14(19(26)21-12-13-3-2-7-20-11-13)9-16(17)23-18(25)10-15-6-8-22-24-15/h2-3,6-8,11,14,16-17H,4-5,9-10,12H2,1H3,(H,21,26)(H,22,24)(H,23,25)/t14-,16+,17+/m0/s1. The van der Waals surface area contributed by atoms with Crippen molar-refractivity contribution in [1.29, 1.82) is 0 Å². The molecule has 2 amide bonds. The van der Waals surface area contributed by atoms with Gasteiger partial charge in [0.15, 0.2) is 0 Å². The molecule has 0 aromatic carbocycles. The number of hydrogen-bond donors (Lipinski definition) is 3. The van der Waals surface area contributed by atoms with Gasteiger partial charge in [-0.15, -0.1) is 0 Å². The van der Waals surface area contributed by atoms with Crippen molar-refractivity contribution in [2.45, 2.75) is 44.4 Å². The molecule has 2 aromatic heterocycles. The number of methoxy groups -OCH3 is 1. The van der Waals surface area contributed by atoms with Gasteiger partial charge in [-0.2, -0.15) is 5.10 Å². The molecule has 8 nitrogen and oxygen atoms in total. The molecule has 0 saturated heterocycles. The molecule has 2 aromatic rings. The molecule has 0 spiro atoms. The number of aromatic nitrogens is 3. The van der Waals surface area contributed by atoms with E-state index in [2.05, 4.69) is 25.8 Å². The molecule has 27 heavy (non-hydrogen) atoms. The Kier molecular flexibility index (Phi) is 6.54. The van der Waals surface area contributed by atoms with Crippen LogP contribution in [0.15, 0.2) is 36.8 Å². The first-order valence-electron chi connectivity index (χ1n) is 9.12. The number of hydrogen-bond acceptors (Lipinski definition) is 5. The monoisotopic (exact) mass is 371 g/mol. The van der Waals surface area contributed by atoms with Gasteiger partial charge in [0.25, 0.3) is 0 Å². The molecule has 0 radical (unpaired) electrons. The Labute approximate surface area is 158 Å². The third kappa shape index (κ3) is 5.37. The van der Waals surface area contributed by atoms with Crippen molar-refractivity contribution in [3.05, 3.63) is 48.0 Å². The Morgan fingerprint density at radius 2 is 2.19 bits per heavy atom. The van der Waals surface area contributed by atoms with Crippen LogP contribution in [-0.4, -0.2) is 46.3 Å². The predicted octanol–water partition coefficient (Wildman–Crippen LogP) is 0.964. The average molecular weight is 371 g/mol. The molecule has 3 atom stereocenters. The van der Waals surface area contributed by atoms with Gasteiger partial charge in [0.05, 0.1) is 18.6 Å². The van der Waals surface area contributed by atoms with Crippen LogP contribution in [0.25, 0.3) is 0 Å². The zero-order valence-corrected chi connectivity index (χ0v) is 15.4. The maximum absolute atomic E-state index is 12.6. The molecular weight excluding hydrogens is 346 g/mol. The van der Waals surface area contributed by atoms with E-state index < -0.39 is 0 Å². The van der Waals surface area contributed by atoms with Crippen LogP contribution in [0.3, 0.4) is 0 Å². The van der Waals surface area contributed by atoms with Gasteiger partial charge in [-0.3, -0.25) is 19.7 Å². The van der Waals surface area contributed by atoms with Gasteiger partial charge in [-0.05, 0) is 37.0 Å². The number of nitrogens with one attached hydrogen (secondary N) is 3. The Morgan fingerprint density at radius 3 is 2.89 bits per heavy atom. The number of rotatable bonds is 7. The second kappa shape index (κ2) is 9.27. The van der Waals surface area contributed by atoms with E-state index in [1.165, 1.54) is 0 Å². The second-order valence-corrected chi connectivity index (χ2v) is 6.80. The maximum Gasteiger partial charge on any atom is 0.226 e. The minimum Gasteiger partial charge on any atom is -0.379 e. The van der Waals surface area contributed by atoms with Crippen LogP contribution in [0.4, 0.5) is 0 Å². The molecule has 3 N–H and O–H groups in total. The number of carbonyl (C=O) groups excluding carboxylic acids is 2. The highest BCUT2D eigenvalue weighted by Gasteiger charge is 2.34. The first-order valence-corrected chi connectivity index (χ1v) is 9.12. The molecular formula is C19H25N5O3. The SMILES string of the molecule is CO[C@@H]1CC[C@H](C(=O)NCc2cccnc2)C[C@H]1NC(=O)Cc1ccn[nH]1. The maximum atomic E-state index is 12.6. The highest BCUT2D eigenvalue weighted by Crippen LogP contribution is 2.27. The zero-order valence-electron chi connectivity index (χ0n) is 15.4. The van der Waals surface area contributed by atoms with E-state index >= 15 is 0 Å². The van der Waals surface area contributed by atoms with Crippen molar-refractivity contribution in [3.63, 3.8) is 0 Å². The minimum atomic E-state index is -0.187. The minimum absolute atomic E-state index is 0.00113. The number of ether oxygens (including phenoxy) is 1. The third-order valence-electron chi connectivity index (χ3n) is 4.91. The van der Waals surface area contributed by atoms with Crippen molar-refractivity contribution in [2.75, 3.05) is 7.11 Å². The van der Waals surface area contributed by atoms with Gasteiger partial charge in [-0.25, -0.2) is 0 Å². The van der Waals surface area contributed by atoms with Crippen LogP contribution in [0, 0.1) is 5.92 Å². The molecule has 0 bridgehead atoms. The number of nitrogens with zero attached hydrogens (tertiary/aromatic N) is 2. The fraction of sp³-hybridized carbons (Fsp3) is 0.474. The van der Waals surface area contributed by atoms with E-state index in [1.807, 2.05) is 12.1 Å². The second-order valence-electron chi connectivity index (χ2n) is 6.80. The average Bonchev–Trinajstić information content (AvgIpc) is 3.19. The van der Waals surface area contributed by atoms with Crippen LogP contribution >= 0.6 is 0 Å². The van der Waals surface area contributed by atoms with Crippen LogP contribution in [0.5, 0.6) is 0 Å². The molecule has 2 heterocycles. The molecule has 1 saturated carbocycles. The highest BCUT2D eigenvalue weighted by molar-refractivity contribution is 5.80. The van der Waals surface area contributed by atoms with E-state index in [9.17, 15) is 9.59 Å². The smallest absolute Gasteiger partial charge is 0.226 e. The Hall–Kier alpha value is -2.74. The van der Waals surface area contributed by atoms with Gasteiger partial charge in [0.2, 0.25) is 11.8 Å². The lowest BCUT2D eigenvalue weighted by atomic mass is 9.83. The van der Waals surface area contributed by atoms with Crippen LogP contribution < -0.4 is 10.6 Å². The Morgan fingerprint density at radius 1 is 1.30 bits per heavy atom. The number of amides is 2. The quantitative estimate of drug-likeness (QED) is 0.672. The number of aromatic amines is 1. The number of H-pyrrole nitrogens is 1. The predicted molar refractivity (Wildman–Crippen MR) is 98.4 cm³/mol. The summed E-state index contributed by atoms with van der Waals surface area (Å²) in [4.78, 5) is 28.9. The molecule has 0 aliphatic heterocycles. The van der Waals surface area contributed by atoms with Crippen molar-refractivity contribution >= 4 is 11.8 Å². The molecule has 8 heteroatoms. The van der Waals surface area contributed by atoms with E-state index in [0.717, 1.165) is 24.1 Å². The van der Waals surface area contributed by atoms with Crippen molar-refractivity contribution in [1.82, 2.24) is 25.8 Å². The summed E-state index contributed by atoms with van der Waals surface area (Å²) in [5, 5.41) is 12.6. The van der Waals surface area contributed by atoms with Crippen molar-refractivity contribution in [3.8, 4) is 0 Å². The third-order valence-corrected chi connectivity index (χ3v) is 4.91.